The summed E-state index contributed by atoms with van der Waals surface area (Å²) in [6.45, 7) is 6.33. The molecular formula is C25H29N3O4. The van der Waals surface area contributed by atoms with Gasteiger partial charge in [-0.2, -0.15) is 0 Å². The minimum absolute atomic E-state index is 0.211. The van der Waals surface area contributed by atoms with E-state index in [4.69, 9.17) is 4.74 Å². The molecule has 7 heteroatoms. The van der Waals surface area contributed by atoms with E-state index in [0.29, 0.717) is 0 Å². The summed E-state index contributed by atoms with van der Waals surface area (Å²) in [5.41, 5.74) is 3.55. The number of carboxylic acids is 1. The molecular weight excluding hydrogens is 406 g/mol. The van der Waals surface area contributed by atoms with Crippen molar-refractivity contribution in [3.8, 4) is 0 Å². The number of aromatic nitrogens is 2. The summed E-state index contributed by atoms with van der Waals surface area (Å²) in [4.78, 5) is 30.5. The van der Waals surface area contributed by atoms with Crippen LogP contribution in [0.25, 0.3) is 10.9 Å². The van der Waals surface area contributed by atoms with Gasteiger partial charge in [-0.05, 0) is 56.9 Å². The fraction of sp³-hybridized carbons (Fsp3) is 0.400. The summed E-state index contributed by atoms with van der Waals surface area (Å²) < 4.78 is 7.77. The van der Waals surface area contributed by atoms with E-state index in [-0.39, 0.29) is 13.0 Å². The predicted molar refractivity (Wildman–Crippen MR) is 121 cm³/mol. The maximum atomic E-state index is 12.9. The first-order chi connectivity index (χ1) is 15.2. The van der Waals surface area contributed by atoms with Crippen molar-refractivity contribution in [3.63, 3.8) is 0 Å². The zero-order valence-corrected chi connectivity index (χ0v) is 18.7. The number of carbonyl (C=O) groups is 2. The number of benzene rings is 1. The van der Waals surface area contributed by atoms with Gasteiger partial charge in [0.1, 0.15) is 11.6 Å². The standard InChI is InChI=1S/C25H29N3O4/c1-25(2,3)32-24(31)28-16-22-19(14-21(28)23(29)30)18-10-4-5-11-20(18)27(22)13-7-9-17-8-6-12-26-15-17/h4-6,8,10-12,15,21H,7,9,13-14,16H2,1-3H3,(H,29,30)/t21-/m0/s1. The Morgan fingerprint density at radius 1 is 1.19 bits per heavy atom. The zero-order chi connectivity index (χ0) is 22.9. The van der Waals surface area contributed by atoms with Gasteiger partial charge < -0.3 is 14.4 Å². The van der Waals surface area contributed by atoms with E-state index in [9.17, 15) is 14.7 Å². The maximum Gasteiger partial charge on any atom is 0.411 e. The number of carboxylic acid groups (broad SMARTS) is 1. The predicted octanol–water partition coefficient (Wildman–Crippen LogP) is 4.42. The fourth-order valence-electron chi connectivity index (χ4n) is 4.39. The van der Waals surface area contributed by atoms with Gasteiger partial charge in [0.05, 0.1) is 6.54 Å². The molecule has 3 heterocycles. The largest absolute Gasteiger partial charge is 0.480 e. The van der Waals surface area contributed by atoms with Crippen LogP contribution in [0.5, 0.6) is 0 Å². The van der Waals surface area contributed by atoms with Crippen LogP contribution in [-0.4, -0.2) is 43.3 Å². The van der Waals surface area contributed by atoms with Crippen molar-refractivity contribution in [2.75, 3.05) is 0 Å². The van der Waals surface area contributed by atoms with E-state index < -0.39 is 23.7 Å². The summed E-state index contributed by atoms with van der Waals surface area (Å²) in [5, 5.41) is 10.9. The number of hydrogen-bond acceptors (Lipinski definition) is 4. The monoisotopic (exact) mass is 435 g/mol. The quantitative estimate of drug-likeness (QED) is 0.641. The number of amides is 1. The highest BCUT2D eigenvalue weighted by molar-refractivity contribution is 5.89. The van der Waals surface area contributed by atoms with Gasteiger partial charge in [-0.1, -0.05) is 24.3 Å². The Bertz CT molecular complexity index is 1130. The van der Waals surface area contributed by atoms with Gasteiger partial charge in [0, 0.05) is 42.0 Å². The summed E-state index contributed by atoms with van der Waals surface area (Å²) in [5.74, 6) is -1.02. The van der Waals surface area contributed by atoms with Crippen molar-refractivity contribution < 1.29 is 19.4 Å². The average molecular weight is 436 g/mol. The third kappa shape index (κ3) is 4.47. The third-order valence-corrected chi connectivity index (χ3v) is 5.77. The highest BCUT2D eigenvalue weighted by atomic mass is 16.6. The number of carbonyl (C=O) groups excluding carboxylic acids is 1. The maximum absolute atomic E-state index is 12.9. The normalized spacial score (nSPS) is 16.1. The first kappa shape index (κ1) is 21.9. The molecule has 0 bridgehead atoms. The Balaban J connectivity index is 1.67. The number of aryl methyl sites for hydroxylation is 2. The van der Waals surface area contributed by atoms with Crippen LogP contribution in [0, 0.1) is 0 Å². The van der Waals surface area contributed by atoms with E-state index in [1.807, 2.05) is 30.5 Å². The van der Waals surface area contributed by atoms with Gasteiger partial charge >= 0.3 is 12.1 Å². The first-order valence-electron chi connectivity index (χ1n) is 10.9. The van der Waals surface area contributed by atoms with Crippen molar-refractivity contribution in [2.45, 2.75) is 64.8 Å². The number of nitrogens with zero attached hydrogens (tertiary/aromatic N) is 3. The van der Waals surface area contributed by atoms with Gasteiger partial charge in [-0.3, -0.25) is 9.88 Å². The molecule has 1 atom stereocenters. The molecule has 1 aliphatic rings. The van der Waals surface area contributed by atoms with Crippen molar-refractivity contribution >= 4 is 23.0 Å². The second-order valence-electron chi connectivity index (χ2n) is 9.23. The molecule has 32 heavy (non-hydrogen) atoms. The van der Waals surface area contributed by atoms with Crippen molar-refractivity contribution in [3.05, 3.63) is 65.6 Å². The summed E-state index contributed by atoms with van der Waals surface area (Å²) in [6, 6.07) is 11.1. The molecule has 0 radical (unpaired) electrons. The van der Waals surface area contributed by atoms with Crippen LogP contribution in [0.1, 0.15) is 44.0 Å². The number of ether oxygens (including phenoxy) is 1. The molecule has 1 aliphatic heterocycles. The third-order valence-electron chi connectivity index (χ3n) is 5.77. The molecule has 1 aromatic carbocycles. The molecule has 0 fully saturated rings. The summed E-state index contributed by atoms with van der Waals surface area (Å²) >= 11 is 0. The molecule has 1 N–H and O–H groups in total. The van der Waals surface area contributed by atoms with Crippen molar-refractivity contribution in [1.29, 1.82) is 0 Å². The Labute approximate surface area is 187 Å². The number of pyridine rings is 1. The first-order valence-corrected chi connectivity index (χ1v) is 10.9. The Hall–Kier alpha value is -3.35. The molecule has 0 unspecified atom stereocenters. The fourth-order valence-corrected chi connectivity index (χ4v) is 4.39. The molecule has 2 aromatic heterocycles. The topological polar surface area (TPSA) is 84.7 Å². The Kier molecular flexibility index (Phi) is 5.91. The lowest BCUT2D eigenvalue weighted by molar-refractivity contribution is -0.143. The minimum Gasteiger partial charge on any atom is -0.480 e. The second kappa shape index (κ2) is 8.65. The Morgan fingerprint density at radius 2 is 1.97 bits per heavy atom. The molecule has 168 valence electrons. The summed E-state index contributed by atoms with van der Waals surface area (Å²) in [7, 11) is 0. The summed E-state index contributed by atoms with van der Waals surface area (Å²) in [6.07, 6.45) is 5.12. The lowest BCUT2D eigenvalue weighted by Gasteiger charge is -2.35. The van der Waals surface area contributed by atoms with Gasteiger partial charge in [-0.15, -0.1) is 0 Å². The lowest BCUT2D eigenvalue weighted by Crippen LogP contribution is -2.50. The number of hydrogen-bond donors (Lipinski definition) is 1. The smallest absolute Gasteiger partial charge is 0.411 e. The Morgan fingerprint density at radius 3 is 2.66 bits per heavy atom. The molecule has 1 amide bonds. The van der Waals surface area contributed by atoms with E-state index >= 15 is 0 Å². The van der Waals surface area contributed by atoms with Crippen LogP contribution in [-0.2, 0) is 35.5 Å². The van der Waals surface area contributed by atoms with Crippen LogP contribution >= 0.6 is 0 Å². The molecule has 7 nitrogen and oxygen atoms in total. The SMILES string of the molecule is CC(C)(C)OC(=O)N1Cc2c(c3ccccc3n2CCCc2cccnc2)C[C@H]1C(=O)O. The van der Waals surface area contributed by atoms with Crippen LogP contribution < -0.4 is 0 Å². The van der Waals surface area contributed by atoms with E-state index in [2.05, 4.69) is 21.7 Å². The van der Waals surface area contributed by atoms with Gasteiger partial charge in [0.25, 0.3) is 0 Å². The van der Waals surface area contributed by atoms with Crippen molar-refractivity contribution in [1.82, 2.24) is 14.5 Å². The van der Waals surface area contributed by atoms with Crippen LogP contribution in [0.2, 0.25) is 0 Å². The van der Waals surface area contributed by atoms with Gasteiger partial charge in [-0.25, -0.2) is 9.59 Å². The molecule has 0 saturated heterocycles. The van der Waals surface area contributed by atoms with Crippen molar-refractivity contribution in [2.24, 2.45) is 0 Å². The molecule has 0 saturated carbocycles. The average Bonchev–Trinajstić information content (AvgIpc) is 3.05. The van der Waals surface area contributed by atoms with E-state index in [0.717, 1.165) is 41.5 Å². The number of aliphatic carboxylic acids is 1. The highest BCUT2D eigenvalue weighted by Crippen LogP contribution is 2.34. The lowest BCUT2D eigenvalue weighted by atomic mass is 9.97. The number of rotatable bonds is 5. The highest BCUT2D eigenvalue weighted by Gasteiger charge is 2.39. The van der Waals surface area contributed by atoms with Crippen LogP contribution in [0.4, 0.5) is 4.79 Å². The molecule has 4 rings (SSSR count). The zero-order valence-electron chi connectivity index (χ0n) is 18.7. The number of para-hydroxylation sites is 1. The molecule has 0 spiro atoms. The molecule has 0 aliphatic carbocycles. The second-order valence-corrected chi connectivity index (χ2v) is 9.23. The van der Waals surface area contributed by atoms with E-state index in [1.165, 1.54) is 10.5 Å². The van der Waals surface area contributed by atoms with Crippen LogP contribution in [0.3, 0.4) is 0 Å². The van der Waals surface area contributed by atoms with Gasteiger partial charge in [0.2, 0.25) is 0 Å². The molecule has 3 aromatic rings. The van der Waals surface area contributed by atoms with Gasteiger partial charge in [0.15, 0.2) is 0 Å². The van der Waals surface area contributed by atoms with E-state index in [1.54, 1.807) is 27.0 Å². The number of fused-ring (bicyclic) bond motifs is 3. The van der Waals surface area contributed by atoms with Crippen LogP contribution in [0.15, 0.2) is 48.8 Å². The minimum atomic E-state index is -1.02.